The van der Waals surface area contributed by atoms with Gasteiger partial charge in [0.25, 0.3) is 0 Å². The number of phenolic OH excluding ortho intramolecular Hbond substituents is 1. The van der Waals surface area contributed by atoms with E-state index in [0.29, 0.717) is 33.5 Å². The van der Waals surface area contributed by atoms with Crippen molar-refractivity contribution in [2.24, 2.45) is 0 Å². The van der Waals surface area contributed by atoms with Crippen LogP contribution in [-0.2, 0) is 10.2 Å². The summed E-state index contributed by atoms with van der Waals surface area (Å²) in [4.78, 5) is 23.4. The summed E-state index contributed by atoms with van der Waals surface area (Å²) in [5.74, 6) is -2.52. The number of nitrogens with one attached hydrogen (secondary N) is 1. The van der Waals surface area contributed by atoms with Gasteiger partial charge in [-0.2, -0.15) is 0 Å². The van der Waals surface area contributed by atoms with Crippen LogP contribution in [0.3, 0.4) is 0 Å². The van der Waals surface area contributed by atoms with Crippen molar-refractivity contribution in [3.63, 3.8) is 0 Å². The quantitative estimate of drug-likeness (QED) is 0.300. The molecule has 0 fully saturated rings. The number of aromatic carboxylic acids is 1. The molecule has 0 spiro atoms. The van der Waals surface area contributed by atoms with Gasteiger partial charge in [-0.3, -0.25) is 0 Å². The average Bonchev–Trinajstić information content (AvgIpc) is 3.20. The lowest BCUT2D eigenvalue weighted by Gasteiger charge is -2.28. The monoisotopic (exact) mass is 508 g/mol. The van der Waals surface area contributed by atoms with Crippen LogP contribution in [0.4, 0.5) is 13.6 Å². The molecular formula is C28H26F2N2O5. The molecule has 0 radical (unpaired) electrons. The van der Waals surface area contributed by atoms with E-state index in [2.05, 4.69) is 5.32 Å². The highest BCUT2D eigenvalue weighted by molar-refractivity contribution is 6.02. The number of amides is 1. The lowest BCUT2D eigenvalue weighted by molar-refractivity contribution is 0.0696. The molecule has 0 saturated heterocycles. The number of carbonyl (C=O) groups excluding carboxylic acids is 1. The van der Waals surface area contributed by atoms with Gasteiger partial charge in [0.05, 0.1) is 11.1 Å². The Morgan fingerprint density at radius 3 is 2.32 bits per heavy atom. The number of rotatable bonds is 6. The highest BCUT2D eigenvalue weighted by atomic mass is 19.1. The zero-order valence-electron chi connectivity index (χ0n) is 20.7. The number of carboxylic acid groups (broad SMARTS) is 1. The summed E-state index contributed by atoms with van der Waals surface area (Å²) in [6.07, 6.45) is -0.644. The maximum absolute atomic E-state index is 14.6. The first-order valence-electron chi connectivity index (χ1n) is 11.5. The summed E-state index contributed by atoms with van der Waals surface area (Å²) >= 11 is 0. The number of carboxylic acids is 1. The van der Waals surface area contributed by atoms with E-state index in [0.717, 1.165) is 6.07 Å². The molecule has 192 valence electrons. The van der Waals surface area contributed by atoms with E-state index in [9.17, 15) is 28.6 Å². The van der Waals surface area contributed by atoms with Gasteiger partial charge < -0.3 is 24.8 Å². The molecule has 4 rings (SSSR count). The number of nitrogens with zero attached hydrogens (tertiary/aromatic N) is 1. The van der Waals surface area contributed by atoms with Crippen molar-refractivity contribution in [3.8, 4) is 22.6 Å². The number of aromatic hydroxyl groups is 1. The third-order valence-corrected chi connectivity index (χ3v) is 6.24. The van der Waals surface area contributed by atoms with E-state index < -0.39 is 29.1 Å². The zero-order valence-corrected chi connectivity index (χ0v) is 20.7. The van der Waals surface area contributed by atoms with Gasteiger partial charge in [-0.05, 0) is 60.5 Å². The van der Waals surface area contributed by atoms with E-state index in [1.54, 1.807) is 35.8 Å². The van der Waals surface area contributed by atoms with Gasteiger partial charge in [0.2, 0.25) is 0 Å². The van der Waals surface area contributed by atoms with Crippen molar-refractivity contribution in [1.82, 2.24) is 9.88 Å². The molecule has 4 aromatic rings. The lowest BCUT2D eigenvalue weighted by atomic mass is 9.84. The van der Waals surface area contributed by atoms with Gasteiger partial charge in [0.15, 0.2) is 0 Å². The molecule has 1 amide bonds. The molecule has 0 aliphatic carbocycles. The first-order chi connectivity index (χ1) is 17.4. The van der Waals surface area contributed by atoms with Crippen LogP contribution in [0.1, 0.15) is 35.5 Å². The molecule has 1 aromatic heterocycles. The summed E-state index contributed by atoms with van der Waals surface area (Å²) in [5.41, 5.74) is 1.90. The number of alkyl carbamates (subject to hydrolysis) is 1. The second-order valence-electron chi connectivity index (χ2n) is 9.41. The molecule has 0 aliphatic heterocycles. The van der Waals surface area contributed by atoms with Crippen molar-refractivity contribution in [2.75, 3.05) is 13.7 Å². The highest BCUT2D eigenvalue weighted by Gasteiger charge is 2.34. The lowest BCUT2D eigenvalue weighted by Crippen LogP contribution is -2.32. The van der Waals surface area contributed by atoms with Crippen molar-refractivity contribution < 1.29 is 33.3 Å². The number of aromatic nitrogens is 1. The van der Waals surface area contributed by atoms with E-state index in [1.165, 1.54) is 31.3 Å². The minimum absolute atomic E-state index is 0.0635. The number of hydrogen-bond donors (Lipinski definition) is 3. The van der Waals surface area contributed by atoms with Crippen LogP contribution in [0.25, 0.3) is 27.7 Å². The maximum Gasteiger partial charge on any atom is 0.406 e. The molecule has 37 heavy (non-hydrogen) atoms. The Balaban J connectivity index is 2.14. The predicted octanol–water partition coefficient (Wildman–Crippen LogP) is 5.92. The number of benzene rings is 3. The Hall–Kier alpha value is -4.40. The number of aryl methyl sites for hydroxylation is 1. The number of carbonyl (C=O) groups is 2. The van der Waals surface area contributed by atoms with Crippen molar-refractivity contribution in [2.45, 2.75) is 26.2 Å². The minimum Gasteiger partial charge on any atom is -0.506 e. The fraction of sp³-hybridized carbons (Fsp3) is 0.214. The number of ether oxygens (including phenoxy) is 1. The summed E-state index contributed by atoms with van der Waals surface area (Å²) in [6, 6.07) is 12.8. The molecule has 0 saturated carbocycles. The minimum atomic E-state index is -1.10. The molecule has 0 unspecified atom stereocenters. The van der Waals surface area contributed by atoms with Crippen LogP contribution in [-0.4, -0.2) is 40.5 Å². The first kappa shape index (κ1) is 25.7. The SMILES string of the molecule is CNC(=O)OCC(C)(C)c1c(-c2ccc(F)c(C)c2)c2cc(F)cc(O)c2n1-c1ccc(C(=O)O)cc1. The number of fused-ring (bicyclic) bond motifs is 1. The summed E-state index contributed by atoms with van der Waals surface area (Å²) in [5, 5.41) is 23.0. The molecule has 0 atom stereocenters. The Morgan fingerprint density at radius 1 is 1.05 bits per heavy atom. The Morgan fingerprint density at radius 2 is 1.73 bits per heavy atom. The standard InChI is InChI=1S/C28H26F2N2O5/c1-15-11-17(7-10-21(15)30)23-20-12-18(29)13-22(33)24(20)32(19-8-5-16(6-9-19)26(34)35)25(23)28(2,3)14-37-27(36)31-4/h5-13,33H,14H2,1-4H3,(H,31,36)(H,34,35). The zero-order chi connectivity index (χ0) is 27.1. The van der Waals surface area contributed by atoms with Crippen LogP contribution < -0.4 is 5.32 Å². The molecule has 0 bridgehead atoms. The summed E-state index contributed by atoms with van der Waals surface area (Å²) in [6.45, 7) is 5.16. The van der Waals surface area contributed by atoms with Crippen LogP contribution in [0, 0.1) is 18.6 Å². The largest absolute Gasteiger partial charge is 0.506 e. The fourth-order valence-corrected chi connectivity index (χ4v) is 4.49. The third-order valence-electron chi connectivity index (χ3n) is 6.24. The molecule has 3 aromatic carbocycles. The van der Waals surface area contributed by atoms with Crippen LogP contribution in [0.2, 0.25) is 0 Å². The van der Waals surface area contributed by atoms with Gasteiger partial charge in [-0.1, -0.05) is 19.9 Å². The van der Waals surface area contributed by atoms with Crippen molar-refractivity contribution in [3.05, 3.63) is 83.1 Å². The van der Waals surface area contributed by atoms with Gasteiger partial charge >= 0.3 is 12.1 Å². The number of phenols is 1. The Kier molecular flexibility index (Phi) is 6.64. The topological polar surface area (TPSA) is 101 Å². The molecule has 7 nitrogen and oxygen atoms in total. The van der Waals surface area contributed by atoms with Crippen LogP contribution >= 0.6 is 0 Å². The second kappa shape index (κ2) is 9.57. The van der Waals surface area contributed by atoms with Crippen molar-refractivity contribution in [1.29, 1.82) is 0 Å². The van der Waals surface area contributed by atoms with Crippen LogP contribution in [0.15, 0.2) is 54.6 Å². The molecule has 9 heteroatoms. The van der Waals surface area contributed by atoms with Gasteiger partial charge in [-0.15, -0.1) is 0 Å². The Bertz CT molecular complexity index is 1520. The molecule has 1 heterocycles. The summed E-state index contributed by atoms with van der Waals surface area (Å²) in [7, 11) is 1.43. The van der Waals surface area contributed by atoms with Gasteiger partial charge in [0.1, 0.15) is 24.0 Å². The number of hydrogen-bond acceptors (Lipinski definition) is 4. The average molecular weight is 509 g/mol. The van der Waals surface area contributed by atoms with Crippen molar-refractivity contribution >= 4 is 23.0 Å². The predicted molar refractivity (Wildman–Crippen MR) is 135 cm³/mol. The Labute approximate surface area is 211 Å². The van der Waals surface area contributed by atoms with Gasteiger partial charge in [-0.25, -0.2) is 18.4 Å². The van der Waals surface area contributed by atoms with E-state index >= 15 is 0 Å². The van der Waals surface area contributed by atoms with E-state index in [-0.39, 0.29) is 23.4 Å². The molecule has 3 N–H and O–H groups in total. The smallest absolute Gasteiger partial charge is 0.406 e. The van der Waals surface area contributed by atoms with E-state index in [1.807, 2.05) is 13.8 Å². The molecule has 0 aliphatic rings. The maximum atomic E-state index is 14.6. The third kappa shape index (κ3) is 4.72. The second-order valence-corrected chi connectivity index (χ2v) is 9.41. The van der Waals surface area contributed by atoms with Gasteiger partial charge in [0, 0.05) is 40.9 Å². The highest BCUT2D eigenvalue weighted by Crippen LogP contribution is 2.46. The molecular weight excluding hydrogens is 482 g/mol. The fourth-order valence-electron chi connectivity index (χ4n) is 4.49. The van der Waals surface area contributed by atoms with E-state index in [4.69, 9.17) is 4.74 Å². The summed E-state index contributed by atoms with van der Waals surface area (Å²) < 4.78 is 35.9. The van der Waals surface area contributed by atoms with Crippen LogP contribution in [0.5, 0.6) is 5.75 Å². The first-order valence-corrected chi connectivity index (χ1v) is 11.5. The number of halogens is 2. The normalized spacial score (nSPS) is 11.5.